The number of alkyl halides is 1. The number of fused-ring (bicyclic) bond motifs is 5. The number of nitrogens with zero attached hydrogens (tertiary/aromatic N) is 9. The molecule has 80 heavy (non-hydrogen) atoms. The average Bonchev–Trinajstić information content (AvgIpc) is 4.24. The van der Waals surface area contributed by atoms with Gasteiger partial charge in [-0.05, 0) is 121 Å². The van der Waals surface area contributed by atoms with Gasteiger partial charge in [-0.25, -0.2) is 27.2 Å². The van der Waals surface area contributed by atoms with Crippen LogP contribution in [0.2, 0.25) is 0 Å². The largest absolute Gasteiger partial charge is 0.459 e. The van der Waals surface area contributed by atoms with Gasteiger partial charge in [0, 0.05) is 68.3 Å². The molecule has 0 unspecified atom stereocenters. The van der Waals surface area contributed by atoms with Crippen molar-refractivity contribution in [2.24, 2.45) is 39.7 Å². The second-order valence-electron chi connectivity index (χ2n) is 22.6. The van der Waals surface area contributed by atoms with Crippen LogP contribution >= 0.6 is 0 Å². The van der Waals surface area contributed by atoms with Crippen molar-refractivity contribution in [3.8, 4) is 5.69 Å². The number of aromatic nitrogens is 6. The van der Waals surface area contributed by atoms with Gasteiger partial charge in [0.05, 0.1) is 64.3 Å². The first-order valence-corrected chi connectivity index (χ1v) is 29.5. The van der Waals surface area contributed by atoms with Gasteiger partial charge in [-0.2, -0.15) is 5.10 Å². The van der Waals surface area contributed by atoms with Crippen molar-refractivity contribution in [2.45, 2.75) is 173 Å². The van der Waals surface area contributed by atoms with Crippen LogP contribution < -0.4 is 0 Å². The number of cyclic esters (lactones) is 1. The maximum absolute atomic E-state index is 14.9. The van der Waals surface area contributed by atoms with Crippen molar-refractivity contribution in [1.29, 1.82) is 0 Å². The molecule has 14 atom stereocenters. The van der Waals surface area contributed by atoms with Gasteiger partial charge in [-0.1, -0.05) is 50.2 Å². The highest BCUT2D eigenvalue weighted by Gasteiger charge is 2.53. The van der Waals surface area contributed by atoms with Crippen LogP contribution in [0, 0.1) is 29.6 Å². The third-order valence-electron chi connectivity index (χ3n) is 16.3. The number of rotatable bonds is 16. The quantitative estimate of drug-likeness (QED) is 0.0732. The van der Waals surface area contributed by atoms with Gasteiger partial charge in [-0.15, -0.1) is 5.10 Å². The molecular formula is C57H80FN9O12S. The molecule has 23 heteroatoms. The van der Waals surface area contributed by atoms with E-state index >= 15 is 0 Å². The monoisotopic (exact) mass is 1130 g/mol. The lowest BCUT2D eigenvalue weighted by molar-refractivity contribution is -0.296. The van der Waals surface area contributed by atoms with E-state index in [4.69, 9.17) is 23.8 Å². The van der Waals surface area contributed by atoms with Crippen molar-refractivity contribution in [3.05, 3.63) is 84.2 Å². The Hall–Kier alpha value is -5.69. The molecule has 3 fully saturated rings. The first-order chi connectivity index (χ1) is 37.8. The minimum absolute atomic E-state index is 0.00473. The number of aliphatic hydroxyl groups is 2. The Morgan fingerprint density at radius 1 is 1.06 bits per heavy atom. The molecule has 0 aliphatic carbocycles. The lowest BCUT2D eigenvalue weighted by Crippen LogP contribution is -2.60. The predicted octanol–water partition coefficient (Wildman–Crippen LogP) is 6.08. The highest BCUT2D eigenvalue weighted by molar-refractivity contribution is 7.90. The average molecular weight is 1130 g/mol. The molecule has 0 radical (unpaired) electrons. The number of carbonyl (C=O) groups is 3. The predicted molar refractivity (Wildman–Crippen MR) is 294 cm³/mol. The highest BCUT2D eigenvalue weighted by atomic mass is 32.2. The number of ether oxygens (including phenoxy) is 4. The number of aliphatic imine (C=N–C) groups is 1. The summed E-state index contributed by atoms with van der Waals surface area (Å²) in [4.78, 5) is 59.5. The molecular weight excluding hydrogens is 1050 g/mol. The van der Waals surface area contributed by atoms with Crippen LogP contribution in [0.4, 0.5) is 4.39 Å². The van der Waals surface area contributed by atoms with Gasteiger partial charge in [0.2, 0.25) is 5.91 Å². The number of amides is 1. The molecule has 3 aromatic heterocycles. The van der Waals surface area contributed by atoms with E-state index in [2.05, 4.69) is 30.5 Å². The molecule has 3 aliphatic rings. The number of halogens is 1. The molecule has 2 N–H and O–H groups in total. The summed E-state index contributed by atoms with van der Waals surface area (Å²) < 4.78 is 68.2. The number of Topliss-reactive ketones (excluding diaryl/α,β-unsaturated/α-hetero) is 1. The topological polar surface area (TPSA) is 261 Å². The van der Waals surface area contributed by atoms with Gasteiger partial charge in [0.15, 0.2) is 28.5 Å². The molecule has 6 heterocycles. The van der Waals surface area contributed by atoms with Crippen molar-refractivity contribution in [1.82, 2.24) is 34.7 Å². The lowest BCUT2D eigenvalue weighted by atomic mass is 9.68. The molecule has 438 valence electrons. The summed E-state index contributed by atoms with van der Waals surface area (Å²) in [5.41, 5.74) is 0.453. The molecule has 3 saturated heterocycles. The number of sulfone groups is 1. The zero-order valence-electron chi connectivity index (χ0n) is 47.8. The van der Waals surface area contributed by atoms with Crippen LogP contribution in [0.15, 0.2) is 82.3 Å². The first kappa shape index (κ1) is 61.9. The first-order valence-electron chi connectivity index (χ1n) is 27.6. The number of hydrogen-bond acceptors (Lipinski definition) is 18. The Bertz CT molecular complexity index is 2900. The van der Waals surface area contributed by atoms with E-state index in [0.717, 1.165) is 17.5 Å². The number of ketones is 1. The zero-order chi connectivity index (χ0) is 58.3. The number of esters is 1. The van der Waals surface area contributed by atoms with Crippen molar-refractivity contribution in [3.63, 3.8) is 0 Å². The number of likely N-dealkylation sites (N-methyl/N-ethyl adjacent to an activating group) is 1. The van der Waals surface area contributed by atoms with E-state index in [0.29, 0.717) is 42.2 Å². The summed E-state index contributed by atoms with van der Waals surface area (Å²) >= 11 is 0. The van der Waals surface area contributed by atoms with Gasteiger partial charge < -0.3 is 38.9 Å². The summed E-state index contributed by atoms with van der Waals surface area (Å²) in [6, 6.07) is 10.6. The SMILES string of the molecule is CC[C@H]1OC(=O)[C@H](C)C(=O)[C@H](C)[C@@H](O[C@@H]2O[C@H](C)C[C@H](N(C)CCc3cn([C@H](CF)Cc4ccc(S(C)(=O)=O)cc4)nn3)[C@H]2O)[C@@]2(C)C[C@@H](C)/C(=N\C(C)=O)[C@H](C)[C@@H](CC/C(=N\OCc3ccc(-n4cccn4)cn3)CO2)[C@]1(C)O. The Balaban J connectivity index is 1.19. The summed E-state index contributed by atoms with van der Waals surface area (Å²) in [6.45, 7) is 14.9. The Morgan fingerprint density at radius 3 is 2.44 bits per heavy atom. The van der Waals surface area contributed by atoms with Crippen molar-refractivity contribution in [2.75, 3.05) is 33.1 Å². The summed E-state index contributed by atoms with van der Waals surface area (Å²) in [6.07, 6.45) is 4.46. The standard InChI is InChI=1S/C57H80FN9O12S/c1-12-49-57(9,72)47-21-17-43(63-76-33-42-16-18-44(30-59-42)66-24-13-23-60-66)32-75-56(8,28-34(2)50(36(47)4)61-39(7)68)53(37(5)51(69)38(6)54(71)78-49)79-55-52(70)48(26-35(3)77-55)65(10)25-22-41-31-67(64-62-41)45(29-58)27-40-14-19-46(20-15-40)80(11,73)74/h13-16,18-20,23-24,30-31,34-38,45,47-49,52-53,55,70,72H,12,17,21-22,25-29,32-33H2,1-11H3/b61-50+,63-43+/t34-,35-,36-,37+,38-,45+,47-,48+,49-,52-,53-,55+,56-,57+/m1/s1. The number of aliphatic hydroxyl groups excluding tert-OH is 1. The van der Waals surface area contributed by atoms with Gasteiger partial charge in [0.25, 0.3) is 0 Å². The number of pyridine rings is 1. The van der Waals surface area contributed by atoms with E-state index in [-0.39, 0.29) is 50.2 Å². The van der Waals surface area contributed by atoms with Crippen LogP contribution in [-0.2, 0) is 67.5 Å². The van der Waals surface area contributed by atoms with Crippen LogP contribution in [0.25, 0.3) is 5.69 Å². The fraction of sp³-hybridized carbons (Fsp3) is 0.632. The number of benzene rings is 1. The molecule has 0 saturated carbocycles. The van der Waals surface area contributed by atoms with Crippen LogP contribution in [0.3, 0.4) is 0 Å². The minimum Gasteiger partial charge on any atom is -0.459 e. The number of oxime groups is 1. The third kappa shape index (κ3) is 14.9. The van der Waals surface area contributed by atoms with Crippen LogP contribution in [0.1, 0.15) is 117 Å². The molecule has 2 bridgehead atoms. The molecule has 3 aliphatic heterocycles. The highest BCUT2D eigenvalue weighted by Crippen LogP contribution is 2.43. The normalized spacial score (nSPS) is 31.8. The smallest absolute Gasteiger partial charge is 0.316 e. The summed E-state index contributed by atoms with van der Waals surface area (Å²) in [7, 11) is -1.53. The fourth-order valence-corrected chi connectivity index (χ4v) is 12.4. The van der Waals surface area contributed by atoms with E-state index < -0.39 is 118 Å². The van der Waals surface area contributed by atoms with Gasteiger partial charge in [-0.3, -0.25) is 19.4 Å². The molecule has 21 nitrogen and oxygen atoms in total. The Morgan fingerprint density at radius 2 is 1.80 bits per heavy atom. The van der Waals surface area contributed by atoms with E-state index in [1.165, 1.54) is 30.7 Å². The molecule has 7 rings (SSSR count). The van der Waals surface area contributed by atoms with Gasteiger partial charge in [0.1, 0.15) is 30.4 Å². The molecule has 4 aromatic rings. The molecule has 0 spiro atoms. The number of carbonyl (C=O) groups excluding carboxylic acids is 3. The maximum Gasteiger partial charge on any atom is 0.316 e. The van der Waals surface area contributed by atoms with Gasteiger partial charge >= 0.3 is 5.97 Å². The molecule has 1 amide bonds. The minimum atomic E-state index is -3.39. The third-order valence-corrected chi connectivity index (χ3v) is 17.4. The molecule has 1 aromatic carbocycles. The lowest BCUT2D eigenvalue weighted by Gasteiger charge is -2.48. The maximum atomic E-state index is 14.9. The van der Waals surface area contributed by atoms with Crippen LogP contribution in [-0.4, -0.2) is 163 Å². The van der Waals surface area contributed by atoms with Crippen molar-refractivity contribution < 1.29 is 61.2 Å². The van der Waals surface area contributed by atoms with E-state index in [1.807, 2.05) is 57.1 Å². The van der Waals surface area contributed by atoms with E-state index in [9.17, 15) is 37.4 Å². The summed E-state index contributed by atoms with van der Waals surface area (Å²) in [5.74, 6) is -6.00. The second-order valence-corrected chi connectivity index (χ2v) is 24.6. The van der Waals surface area contributed by atoms with Crippen LogP contribution in [0.5, 0.6) is 0 Å². The fourth-order valence-electron chi connectivity index (χ4n) is 11.7. The van der Waals surface area contributed by atoms with Crippen molar-refractivity contribution >= 4 is 38.9 Å². The Labute approximate surface area is 468 Å². The second kappa shape index (κ2) is 26.5. The zero-order valence-corrected chi connectivity index (χ0v) is 48.7. The Kier molecular flexibility index (Phi) is 20.5. The number of hydrogen-bond donors (Lipinski definition) is 2. The van der Waals surface area contributed by atoms with E-state index in [1.54, 1.807) is 63.1 Å². The summed E-state index contributed by atoms with van der Waals surface area (Å²) in [5, 5.41) is 42.5.